The van der Waals surface area contributed by atoms with Gasteiger partial charge in [0.05, 0.1) is 12.1 Å². The van der Waals surface area contributed by atoms with Crippen LogP contribution in [0.5, 0.6) is 5.75 Å². The van der Waals surface area contributed by atoms with Crippen molar-refractivity contribution in [2.75, 3.05) is 25.5 Å². The molecule has 3 aromatic rings. The molecule has 5 nitrogen and oxygen atoms in total. The first-order chi connectivity index (χ1) is 14.5. The molecule has 1 aliphatic rings. The van der Waals surface area contributed by atoms with Crippen LogP contribution < -0.4 is 10.1 Å². The number of carbonyl (C=O) groups excluding carboxylic acids is 2. The third-order valence-electron chi connectivity index (χ3n) is 5.48. The lowest BCUT2D eigenvalue weighted by atomic mass is 9.98. The van der Waals surface area contributed by atoms with Crippen molar-refractivity contribution in [2.24, 2.45) is 5.92 Å². The third-order valence-corrected chi connectivity index (χ3v) is 7.14. The first-order valence-corrected chi connectivity index (χ1v) is 11.1. The Morgan fingerprint density at radius 1 is 1.17 bits per heavy atom. The fourth-order valence-electron chi connectivity index (χ4n) is 3.63. The van der Waals surface area contributed by atoms with Crippen LogP contribution in [0.2, 0.25) is 5.02 Å². The smallest absolute Gasteiger partial charge is 0.267 e. The predicted octanol–water partition coefficient (Wildman–Crippen LogP) is 5.69. The van der Waals surface area contributed by atoms with Crippen LogP contribution in [-0.4, -0.2) is 36.9 Å². The van der Waals surface area contributed by atoms with Crippen molar-refractivity contribution < 1.29 is 14.3 Å². The number of hydrogen-bond donors (Lipinski definition) is 1. The standard InChI is InChI=1S/C23H23ClN2O3S/c1-14-8-10-26(11-9-14)23(28)15-4-3-5-16(12-15)25-22(27)21-20(24)18-7-6-17(29-2)13-19(18)30-21/h3-7,12-14H,8-11H2,1-2H3,(H,25,27). The van der Waals surface area contributed by atoms with Crippen molar-refractivity contribution in [1.29, 1.82) is 0 Å². The van der Waals surface area contributed by atoms with Crippen LogP contribution in [0.15, 0.2) is 42.5 Å². The number of thiophene rings is 1. The van der Waals surface area contributed by atoms with Gasteiger partial charge in [-0.3, -0.25) is 9.59 Å². The summed E-state index contributed by atoms with van der Waals surface area (Å²) < 4.78 is 6.13. The molecule has 1 N–H and O–H groups in total. The zero-order valence-electron chi connectivity index (χ0n) is 16.9. The van der Waals surface area contributed by atoms with E-state index in [0.29, 0.717) is 32.8 Å². The molecular formula is C23H23ClN2O3S. The molecule has 1 aromatic heterocycles. The molecule has 4 rings (SSSR count). The number of methoxy groups -OCH3 is 1. The van der Waals surface area contributed by atoms with Crippen molar-refractivity contribution in [3.05, 3.63) is 57.9 Å². The lowest BCUT2D eigenvalue weighted by Gasteiger charge is -2.30. The lowest BCUT2D eigenvalue weighted by molar-refractivity contribution is 0.0697. The van der Waals surface area contributed by atoms with Gasteiger partial charge in [0.15, 0.2) is 0 Å². The zero-order chi connectivity index (χ0) is 21.3. The molecule has 1 fully saturated rings. The summed E-state index contributed by atoms with van der Waals surface area (Å²) in [5.41, 5.74) is 1.15. The first-order valence-electron chi connectivity index (χ1n) is 9.93. The molecule has 0 spiro atoms. The largest absolute Gasteiger partial charge is 0.497 e. The van der Waals surface area contributed by atoms with Gasteiger partial charge in [0.2, 0.25) is 0 Å². The van der Waals surface area contributed by atoms with Crippen molar-refractivity contribution in [3.63, 3.8) is 0 Å². The Kier molecular flexibility index (Phi) is 5.97. The average molecular weight is 443 g/mol. The van der Waals surface area contributed by atoms with Crippen LogP contribution in [0, 0.1) is 5.92 Å². The number of hydrogen-bond acceptors (Lipinski definition) is 4. The Bertz CT molecular complexity index is 1100. The monoisotopic (exact) mass is 442 g/mol. The number of halogens is 1. The van der Waals surface area contributed by atoms with E-state index in [0.717, 1.165) is 36.0 Å². The van der Waals surface area contributed by atoms with E-state index in [1.807, 2.05) is 23.1 Å². The Labute approximate surface area is 184 Å². The van der Waals surface area contributed by atoms with Gasteiger partial charge in [0, 0.05) is 34.4 Å². The van der Waals surface area contributed by atoms with Gasteiger partial charge in [0.25, 0.3) is 11.8 Å². The number of ether oxygens (including phenoxy) is 1. The van der Waals surface area contributed by atoms with Gasteiger partial charge in [-0.15, -0.1) is 11.3 Å². The average Bonchev–Trinajstić information content (AvgIpc) is 3.10. The molecular weight excluding hydrogens is 420 g/mol. The van der Waals surface area contributed by atoms with Crippen molar-refractivity contribution >= 4 is 50.5 Å². The van der Waals surface area contributed by atoms with Crippen molar-refractivity contribution in [3.8, 4) is 5.75 Å². The molecule has 0 unspecified atom stereocenters. The number of carbonyl (C=O) groups is 2. The van der Waals surface area contributed by atoms with Crippen LogP contribution >= 0.6 is 22.9 Å². The van der Waals surface area contributed by atoms with Gasteiger partial charge in [-0.1, -0.05) is 24.6 Å². The molecule has 2 aromatic carbocycles. The zero-order valence-corrected chi connectivity index (χ0v) is 18.5. The minimum Gasteiger partial charge on any atom is -0.497 e. The van der Waals surface area contributed by atoms with Gasteiger partial charge in [-0.05, 0) is 55.2 Å². The normalized spacial score (nSPS) is 14.7. The summed E-state index contributed by atoms with van der Waals surface area (Å²) in [6.45, 7) is 3.77. The number of rotatable bonds is 4. The molecule has 2 heterocycles. The highest BCUT2D eigenvalue weighted by Gasteiger charge is 2.22. The van der Waals surface area contributed by atoms with E-state index >= 15 is 0 Å². The predicted molar refractivity (Wildman–Crippen MR) is 122 cm³/mol. The quantitative estimate of drug-likeness (QED) is 0.564. The number of nitrogens with one attached hydrogen (secondary N) is 1. The third kappa shape index (κ3) is 4.16. The molecule has 156 valence electrons. The Hall–Kier alpha value is -2.57. The number of amides is 2. The molecule has 1 saturated heterocycles. The van der Waals surface area contributed by atoms with Crippen LogP contribution in [0.4, 0.5) is 5.69 Å². The Morgan fingerprint density at radius 3 is 2.67 bits per heavy atom. The van der Waals surface area contributed by atoms with Crippen molar-refractivity contribution in [1.82, 2.24) is 4.90 Å². The number of likely N-dealkylation sites (tertiary alicyclic amines) is 1. The van der Waals surface area contributed by atoms with Crippen LogP contribution in [0.25, 0.3) is 10.1 Å². The highest BCUT2D eigenvalue weighted by Crippen LogP contribution is 2.37. The SMILES string of the molecule is COc1ccc2c(Cl)c(C(=O)Nc3cccc(C(=O)N4CCC(C)CC4)c3)sc2c1. The first kappa shape index (κ1) is 20.7. The molecule has 0 aliphatic carbocycles. The van der Waals surface area contributed by atoms with E-state index in [1.165, 1.54) is 11.3 Å². The van der Waals surface area contributed by atoms with Gasteiger partial charge in [-0.25, -0.2) is 0 Å². The van der Waals surface area contributed by atoms with Gasteiger partial charge >= 0.3 is 0 Å². The summed E-state index contributed by atoms with van der Waals surface area (Å²) in [5.74, 6) is 1.08. The Balaban J connectivity index is 1.53. The topological polar surface area (TPSA) is 58.6 Å². The van der Waals surface area contributed by atoms with E-state index in [4.69, 9.17) is 16.3 Å². The van der Waals surface area contributed by atoms with Crippen LogP contribution in [-0.2, 0) is 0 Å². The second-order valence-electron chi connectivity index (χ2n) is 7.62. The molecule has 0 radical (unpaired) electrons. The summed E-state index contributed by atoms with van der Waals surface area (Å²) in [6, 6.07) is 12.6. The maximum absolute atomic E-state index is 12.9. The summed E-state index contributed by atoms with van der Waals surface area (Å²) in [6.07, 6.45) is 2.05. The second kappa shape index (κ2) is 8.66. The summed E-state index contributed by atoms with van der Waals surface area (Å²) in [4.78, 5) is 28.0. The van der Waals surface area contributed by atoms with E-state index < -0.39 is 0 Å². The summed E-state index contributed by atoms with van der Waals surface area (Å²) in [7, 11) is 1.60. The van der Waals surface area contributed by atoms with Crippen LogP contribution in [0.1, 0.15) is 39.8 Å². The van der Waals surface area contributed by atoms with E-state index in [-0.39, 0.29) is 11.8 Å². The minimum absolute atomic E-state index is 0.00462. The highest BCUT2D eigenvalue weighted by molar-refractivity contribution is 7.21. The van der Waals surface area contributed by atoms with Gasteiger partial charge in [0.1, 0.15) is 10.6 Å². The number of benzene rings is 2. The Morgan fingerprint density at radius 2 is 1.93 bits per heavy atom. The minimum atomic E-state index is -0.295. The van der Waals surface area contributed by atoms with Gasteiger partial charge < -0.3 is 15.0 Å². The molecule has 0 bridgehead atoms. The summed E-state index contributed by atoms with van der Waals surface area (Å²) in [5, 5.41) is 4.12. The van der Waals surface area contributed by atoms with E-state index in [1.54, 1.807) is 31.4 Å². The number of anilines is 1. The fourth-order valence-corrected chi connectivity index (χ4v) is 5.07. The fraction of sp³-hybridized carbons (Fsp3) is 0.304. The maximum Gasteiger partial charge on any atom is 0.267 e. The van der Waals surface area contributed by atoms with E-state index in [2.05, 4.69) is 12.2 Å². The number of fused-ring (bicyclic) bond motifs is 1. The molecule has 7 heteroatoms. The molecule has 0 atom stereocenters. The molecule has 30 heavy (non-hydrogen) atoms. The number of nitrogens with zero attached hydrogens (tertiary/aromatic N) is 1. The second-order valence-corrected chi connectivity index (χ2v) is 9.05. The van der Waals surface area contributed by atoms with E-state index in [9.17, 15) is 9.59 Å². The lowest BCUT2D eigenvalue weighted by Crippen LogP contribution is -2.37. The number of piperidine rings is 1. The molecule has 0 saturated carbocycles. The van der Waals surface area contributed by atoms with Crippen LogP contribution in [0.3, 0.4) is 0 Å². The molecule has 1 aliphatic heterocycles. The van der Waals surface area contributed by atoms with Gasteiger partial charge in [-0.2, -0.15) is 0 Å². The highest BCUT2D eigenvalue weighted by atomic mass is 35.5. The summed E-state index contributed by atoms with van der Waals surface area (Å²) >= 11 is 7.77. The maximum atomic E-state index is 12.9. The molecule has 2 amide bonds. The van der Waals surface area contributed by atoms with Crippen molar-refractivity contribution in [2.45, 2.75) is 19.8 Å².